The zero-order valence-corrected chi connectivity index (χ0v) is 11.4. The zero-order chi connectivity index (χ0) is 13.3. The zero-order valence-electron chi connectivity index (χ0n) is 11.4. The Morgan fingerprint density at radius 1 is 1.33 bits per heavy atom. The molecule has 0 aromatic heterocycles. The van der Waals surface area contributed by atoms with Crippen LogP contribution in [-0.2, 0) is 14.3 Å². The van der Waals surface area contributed by atoms with Crippen molar-refractivity contribution in [1.29, 1.82) is 0 Å². The molecule has 0 N–H and O–H groups in total. The van der Waals surface area contributed by atoms with E-state index in [-0.39, 0.29) is 29.8 Å². The molecular weight excluding hydrogens is 232 g/mol. The Balaban J connectivity index is 2.23. The molecule has 5 nitrogen and oxygen atoms in total. The standard InChI is InChI=1S/C13H22N2O3/c1-9(2)11-13(17)14-6-4-5-10(14)12(16)15(11)7-8-18-3/h9-11H,4-8H2,1-3H3. The summed E-state index contributed by atoms with van der Waals surface area (Å²) in [5.74, 6) is 0.353. The van der Waals surface area contributed by atoms with Crippen LogP contribution in [0, 0.1) is 5.92 Å². The van der Waals surface area contributed by atoms with Gasteiger partial charge in [-0.3, -0.25) is 9.59 Å². The molecule has 2 fully saturated rings. The van der Waals surface area contributed by atoms with E-state index in [0.717, 1.165) is 19.4 Å². The second-order valence-electron chi connectivity index (χ2n) is 5.40. The maximum absolute atomic E-state index is 12.5. The van der Waals surface area contributed by atoms with Crippen molar-refractivity contribution in [2.24, 2.45) is 5.92 Å². The van der Waals surface area contributed by atoms with Gasteiger partial charge < -0.3 is 14.5 Å². The predicted molar refractivity (Wildman–Crippen MR) is 67.0 cm³/mol. The fraction of sp³-hybridized carbons (Fsp3) is 0.846. The van der Waals surface area contributed by atoms with E-state index in [4.69, 9.17) is 4.74 Å². The van der Waals surface area contributed by atoms with Crippen molar-refractivity contribution >= 4 is 11.8 Å². The van der Waals surface area contributed by atoms with Crippen LogP contribution in [0.15, 0.2) is 0 Å². The minimum atomic E-state index is -0.318. The van der Waals surface area contributed by atoms with Gasteiger partial charge in [-0.1, -0.05) is 13.8 Å². The molecule has 2 aliphatic heterocycles. The fourth-order valence-electron chi connectivity index (χ4n) is 3.00. The Kier molecular flexibility index (Phi) is 3.90. The Labute approximate surface area is 108 Å². The summed E-state index contributed by atoms with van der Waals surface area (Å²) in [5, 5.41) is 0. The van der Waals surface area contributed by atoms with E-state index < -0.39 is 0 Å². The van der Waals surface area contributed by atoms with Crippen molar-refractivity contribution in [1.82, 2.24) is 9.80 Å². The number of rotatable bonds is 4. The van der Waals surface area contributed by atoms with Gasteiger partial charge in [-0.2, -0.15) is 0 Å². The Morgan fingerprint density at radius 2 is 2.06 bits per heavy atom. The van der Waals surface area contributed by atoms with Gasteiger partial charge in [0.05, 0.1) is 6.61 Å². The smallest absolute Gasteiger partial charge is 0.246 e. The molecule has 0 radical (unpaired) electrons. The van der Waals surface area contributed by atoms with Gasteiger partial charge in [-0.05, 0) is 18.8 Å². The van der Waals surface area contributed by atoms with E-state index in [0.29, 0.717) is 13.2 Å². The maximum atomic E-state index is 12.5. The second kappa shape index (κ2) is 5.26. The van der Waals surface area contributed by atoms with Gasteiger partial charge in [0.15, 0.2) is 0 Å². The normalized spacial score (nSPS) is 28.2. The van der Waals surface area contributed by atoms with Crippen molar-refractivity contribution in [2.75, 3.05) is 26.8 Å². The molecule has 0 spiro atoms. The van der Waals surface area contributed by atoms with Crippen LogP contribution in [0.5, 0.6) is 0 Å². The molecule has 2 rings (SSSR count). The van der Waals surface area contributed by atoms with Crippen molar-refractivity contribution in [2.45, 2.75) is 38.8 Å². The SMILES string of the molecule is COCCN1C(=O)C2CCCN2C(=O)C1C(C)C. The monoisotopic (exact) mass is 254 g/mol. The molecule has 0 aromatic rings. The van der Waals surface area contributed by atoms with E-state index in [1.54, 1.807) is 16.9 Å². The molecule has 18 heavy (non-hydrogen) atoms. The summed E-state index contributed by atoms with van der Waals surface area (Å²) in [6.45, 7) is 5.71. The highest BCUT2D eigenvalue weighted by Crippen LogP contribution is 2.29. The van der Waals surface area contributed by atoms with Gasteiger partial charge >= 0.3 is 0 Å². The minimum Gasteiger partial charge on any atom is -0.383 e. The van der Waals surface area contributed by atoms with Crippen molar-refractivity contribution in [3.05, 3.63) is 0 Å². The van der Waals surface area contributed by atoms with Crippen LogP contribution in [0.25, 0.3) is 0 Å². The summed E-state index contributed by atoms with van der Waals surface area (Å²) in [6, 6.07) is -0.536. The topological polar surface area (TPSA) is 49.9 Å². The van der Waals surface area contributed by atoms with Crippen LogP contribution >= 0.6 is 0 Å². The largest absolute Gasteiger partial charge is 0.383 e. The Morgan fingerprint density at radius 3 is 2.67 bits per heavy atom. The quantitative estimate of drug-likeness (QED) is 0.733. The lowest BCUT2D eigenvalue weighted by molar-refractivity contribution is -0.162. The third-order valence-electron chi connectivity index (χ3n) is 3.86. The van der Waals surface area contributed by atoms with E-state index in [9.17, 15) is 9.59 Å². The summed E-state index contributed by atoms with van der Waals surface area (Å²) in [4.78, 5) is 28.4. The van der Waals surface area contributed by atoms with Crippen LogP contribution in [0.2, 0.25) is 0 Å². The molecule has 0 aromatic carbocycles. The molecule has 102 valence electrons. The first kappa shape index (κ1) is 13.3. The number of methoxy groups -OCH3 is 1. The summed E-state index contributed by atoms with van der Waals surface area (Å²) in [5.41, 5.74) is 0. The molecule has 2 amide bonds. The third-order valence-corrected chi connectivity index (χ3v) is 3.86. The maximum Gasteiger partial charge on any atom is 0.246 e. The van der Waals surface area contributed by atoms with E-state index in [2.05, 4.69) is 0 Å². The molecule has 5 heteroatoms. The first-order valence-corrected chi connectivity index (χ1v) is 6.67. The molecule has 0 saturated carbocycles. The first-order chi connectivity index (χ1) is 8.57. The highest BCUT2D eigenvalue weighted by Gasteiger charge is 2.48. The van der Waals surface area contributed by atoms with Crippen molar-refractivity contribution in [3.63, 3.8) is 0 Å². The minimum absolute atomic E-state index is 0.0999. The summed E-state index contributed by atoms with van der Waals surface area (Å²) in [7, 11) is 1.61. The Hall–Kier alpha value is -1.10. The second-order valence-corrected chi connectivity index (χ2v) is 5.40. The van der Waals surface area contributed by atoms with E-state index in [1.165, 1.54) is 0 Å². The number of nitrogens with zero attached hydrogens (tertiary/aromatic N) is 2. The average molecular weight is 254 g/mol. The van der Waals surface area contributed by atoms with Crippen LogP contribution in [0.3, 0.4) is 0 Å². The number of carbonyl (C=O) groups excluding carboxylic acids is 2. The number of amides is 2. The summed E-state index contributed by atoms with van der Waals surface area (Å²) >= 11 is 0. The summed E-state index contributed by atoms with van der Waals surface area (Å²) < 4.78 is 5.05. The molecular formula is C13H22N2O3. The number of carbonyl (C=O) groups is 2. The number of hydrogen-bond acceptors (Lipinski definition) is 3. The number of fused-ring (bicyclic) bond motifs is 1. The molecule has 2 saturated heterocycles. The fourth-order valence-corrected chi connectivity index (χ4v) is 3.00. The molecule has 0 bridgehead atoms. The predicted octanol–water partition coefficient (Wildman–Crippen LogP) is 0.491. The lowest BCUT2D eigenvalue weighted by Gasteiger charge is -2.43. The van der Waals surface area contributed by atoms with Gasteiger partial charge in [0.2, 0.25) is 11.8 Å². The van der Waals surface area contributed by atoms with E-state index >= 15 is 0 Å². The lowest BCUT2D eigenvalue weighted by Crippen LogP contribution is -2.64. The van der Waals surface area contributed by atoms with Gasteiger partial charge in [0.1, 0.15) is 12.1 Å². The van der Waals surface area contributed by atoms with Crippen molar-refractivity contribution in [3.8, 4) is 0 Å². The van der Waals surface area contributed by atoms with Crippen LogP contribution in [-0.4, -0.2) is 60.5 Å². The van der Waals surface area contributed by atoms with Crippen molar-refractivity contribution < 1.29 is 14.3 Å². The van der Waals surface area contributed by atoms with Gasteiger partial charge in [-0.25, -0.2) is 0 Å². The highest BCUT2D eigenvalue weighted by atomic mass is 16.5. The average Bonchev–Trinajstić information content (AvgIpc) is 2.80. The van der Waals surface area contributed by atoms with E-state index in [1.807, 2.05) is 13.8 Å². The van der Waals surface area contributed by atoms with Crippen LogP contribution in [0.4, 0.5) is 0 Å². The molecule has 2 aliphatic rings. The van der Waals surface area contributed by atoms with Crippen LogP contribution in [0.1, 0.15) is 26.7 Å². The molecule has 2 unspecified atom stereocenters. The van der Waals surface area contributed by atoms with Crippen LogP contribution < -0.4 is 0 Å². The highest BCUT2D eigenvalue weighted by molar-refractivity contribution is 5.97. The Bertz CT molecular complexity index is 343. The molecule has 2 atom stereocenters. The summed E-state index contributed by atoms with van der Waals surface area (Å²) in [6.07, 6.45) is 1.74. The lowest BCUT2D eigenvalue weighted by atomic mass is 9.96. The first-order valence-electron chi connectivity index (χ1n) is 6.67. The molecule has 0 aliphatic carbocycles. The number of ether oxygens (including phenoxy) is 1. The van der Waals surface area contributed by atoms with Gasteiger partial charge in [0, 0.05) is 20.2 Å². The number of hydrogen-bond donors (Lipinski definition) is 0. The van der Waals surface area contributed by atoms with Gasteiger partial charge in [0.25, 0.3) is 0 Å². The van der Waals surface area contributed by atoms with Gasteiger partial charge in [-0.15, -0.1) is 0 Å². The number of piperazine rings is 1. The third kappa shape index (κ3) is 2.11. The molecule has 2 heterocycles.